The third-order valence-electron chi connectivity index (χ3n) is 3.65. The van der Waals surface area contributed by atoms with Gasteiger partial charge in [0.25, 0.3) is 0 Å². The molecule has 134 valence electrons. The molecule has 0 unspecified atom stereocenters. The summed E-state index contributed by atoms with van der Waals surface area (Å²) in [6, 6.07) is 0. The number of carbonyl (C=O) groups is 1. The van der Waals surface area contributed by atoms with Crippen LogP contribution in [0, 0.1) is 0 Å². The van der Waals surface area contributed by atoms with Crippen LogP contribution in [0.5, 0.6) is 0 Å². The molecular weight excluding hydrogens is 296 g/mol. The maximum Gasteiger partial charge on any atom is 0.303 e. The smallest absolute Gasteiger partial charge is 0.303 e. The Labute approximate surface area is 139 Å². The number of aliphatic hydroxyl groups excluding tert-OH is 3. The molecule has 0 spiro atoms. The summed E-state index contributed by atoms with van der Waals surface area (Å²) in [6.45, 7) is 1.78. The zero-order valence-electron chi connectivity index (χ0n) is 14.1. The third-order valence-corrected chi connectivity index (χ3v) is 3.65. The zero-order chi connectivity index (χ0) is 17.5. The van der Waals surface area contributed by atoms with Gasteiger partial charge in [0, 0.05) is 6.42 Å². The first-order valence-corrected chi connectivity index (χ1v) is 8.56. The summed E-state index contributed by atoms with van der Waals surface area (Å²) in [5.41, 5.74) is 0. The average molecular weight is 328 g/mol. The molecule has 0 aliphatic carbocycles. The molecule has 0 amide bonds. The number of aliphatic carboxylic acids is 1. The largest absolute Gasteiger partial charge is 0.481 e. The molecule has 0 saturated heterocycles. The molecule has 0 rings (SSSR count). The van der Waals surface area contributed by atoms with Gasteiger partial charge in [-0.05, 0) is 32.1 Å². The van der Waals surface area contributed by atoms with Gasteiger partial charge in [-0.25, -0.2) is 0 Å². The average Bonchev–Trinajstić information content (AvgIpc) is 2.53. The van der Waals surface area contributed by atoms with E-state index < -0.39 is 24.3 Å². The molecule has 0 radical (unpaired) electrons. The first-order valence-electron chi connectivity index (χ1n) is 8.56. The molecule has 0 bridgehead atoms. The Morgan fingerprint density at radius 3 is 2.26 bits per heavy atom. The molecular formula is C18H32O5. The van der Waals surface area contributed by atoms with Crippen LogP contribution in [0.15, 0.2) is 24.3 Å². The minimum atomic E-state index is -0.931. The summed E-state index contributed by atoms with van der Waals surface area (Å²) in [5.74, 6) is -0.725. The highest BCUT2D eigenvalue weighted by Gasteiger charge is 2.10. The van der Waals surface area contributed by atoms with Crippen LogP contribution < -0.4 is 0 Å². The Balaban J connectivity index is 3.58. The van der Waals surface area contributed by atoms with Gasteiger partial charge >= 0.3 is 5.97 Å². The van der Waals surface area contributed by atoms with E-state index in [-0.39, 0.29) is 6.42 Å². The van der Waals surface area contributed by atoms with Crippen molar-refractivity contribution in [3.8, 4) is 0 Å². The number of carboxylic acids is 1. The van der Waals surface area contributed by atoms with Crippen LogP contribution in [0.1, 0.15) is 64.7 Å². The lowest BCUT2D eigenvalue weighted by atomic mass is 10.1. The second-order valence-electron chi connectivity index (χ2n) is 5.83. The lowest BCUT2D eigenvalue weighted by Gasteiger charge is -2.12. The first kappa shape index (κ1) is 21.8. The van der Waals surface area contributed by atoms with Crippen molar-refractivity contribution in [3.63, 3.8) is 0 Å². The van der Waals surface area contributed by atoms with Gasteiger partial charge in [0.2, 0.25) is 0 Å². The Morgan fingerprint density at radius 1 is 0.957 bits per heavy atom. The maximum atomic E-state index is 10.3. The van der Waals surface area contributed by atoms with Gasteiger partial charge in [0.1, 0.15) is 0 Å². The molecule has 0 fully saturated rings. The molecule has 4 N–H and O–H groups in total. The Hall–Kier alpha value is -1.17. The lowest BCUT2D eigenvalue weighted by molar-refractivity contribution is -0.137. The van der Waals surface area contributed by atoms with Crippen LogP contribution >= 0.6 is 0 Å². The second kappa shape index (κ2) is 14.4. The van der Waals surface area contributed by atoms with Crippen LogP contribution in [-0.2, 0) is 4.79 Å². The van der Waals surface area contributed by atoms with E-state index in [2.05, 4.69) is 0 Å². The van der Waals surface area contributed by atoms with Crippen LogP contribution in [0.2, 0.25) is 0 Å². The van der Waals surface area contributed by atoms with Gasteiger partial charge in [0.15, 0.2) is 0 Å². The van der Waals surface area contributed by atoms with Crippen LogP contribution in [-0.4, -0.2) is 44.7 Å². The Kier molecular flexibility index (Phi) is 13.7. The molecule has 0 heterocycles. The molecule has 0 aromatic carbocycles. The molecule has 3 atom stereocenters. The van der Waals surface area contributed by atoms with Gasteiger partial charge in [-0.1, -0.05) is 50.5 Å². The first-order chi connectivity index (χ1) is 11.0. The van der Waals surface area contributed by atoms with Gasteiger partial charge in [-0.15, -0.1) is 0 Å². The van der Waals surface area contributed by atoms with Crippen molar-refractivity contribution in [2.75, 3.05) is 0 Å². The number of carboxylic acid groups (broad SMARTS) is 1. The van der Waals surface area contributed by atoms with E-state index in [9.17, 15) is 20.1 Å². The standard InChI is InChI=1S/C18H32O5/c1-2-16(20)17(21)14-13-15(19)11-9-7-5-3-4-6-8-10-12-18(22)23/h7,9,13-17,19-21H,2-6,8,10-12H2,1H3,(H,22,23)/b9-7-,14-13+/t15-,16-,17+/m0/s1. The van der Waals surface area contributed by atoms with E-state index in [4.69, 9.17) is 5.11 Å². The van der Waals surface area contributed by atoms with Crippen LogP contribution in [0.4, 0.5) is 0 Å². The topological polar surface area (TPSA) is 98.0 Å². The van der Waals surface area contributed by atoms with E-state index in [0.29, 0.717) is 12.8 Å². The maximum absolute atomic E-state index is 10.3. The van der Waals surface area contributed by atoms with E-state index in [1.54, 1.807) is 6.92 Å². The number of allylic oxidation sites excluding steroid dienone is 1. The van der Waals surface area contributed by atoms with Crippen molar-refractivity contribution in [1.82, 2.24) is 0 Å². The third kappa shape index (κ3) is 14.2. The fraction of sp³-hybridized carbons (Fsp3) is 0.722. The number of rotatable bonds is 14. The summed E-state index contributed by atoms with van der Waals surface area (Å²) in [5, 5.41) is 37.1. The molecule has 0 aromatic rings. The monoisotopic (exact) mass is 328 g/mol. The highest BCUT2D eigenvalue weighted by atomic mass is 16.4. The van der Waals surface area contributed by atoms with Gasteiger partial charge in [0.05, 0.1) is 18.3 Å². The molecule has 5 nitrogen and oxygen atoms in total. The highest BCUT2D eigenvalue weighted by molar-refractivity contribution is 5.66. The molecule has 0 aromatic heterocycles. The van der Waals surface area contributed by atoms with Crippen molar-refractivity contribution in [2.45, 2.75) is 83.0 Å². The summed E-state index contributed by atoms with van der Waals surface area (Å²) in [6.07, 6.45) is 11.6. The fourth-order valence-electron chi connectivity index (χ4n) is 2.11. The highest BCUT2D eigenvalue weighted by Crippen LogP contribution is 2.08. The van der Waals surface area contributed by atoms with Gasteiger partial charge in [-0.3, -0.25) is 4.79 Å². The van der Waals surface area contributed by atoms with Crippen molar-refractivity contribution >= 4 is 5.97 Å². The summed E-state index contributed by atoms with van der Waals surface area (Å²) in [7, 11) is 0. The molecule has 0 aliphatic heterocycles. The minimum Gasteiger partial charge on any atom is -0.481 e. The summed E-state index contributed by atoms with van der Waals surface area (Å²) >= 11 is 0. The molecule has 23 heavy (non-hydrogen) atoms. The predicted molar refractivity (Wildman–Crippen MR) is 91.2 cm³/mol. The normalized spacial score (nSPS) is 16.0. The fourth-order valence-corrected chi connectivity index (χ4v) is 2.11. The van der Waals surface area contributed by atoms with Crippen molar-refractivity contribution < 1.29 is 25.2 Å². The van der Waals surface area contributed by atoms with Crippen molar-refractivity contribution in [1.29, 1.82) is 0 Å². The second-order valence-corrected chi connectivity index (χ2v) is 5.83. The number of hydrogen-bond acceptors (Lipinski definition) is 4. The van der Waals surface area contributed by atoms with E-state index in [1.807, 2.05) is 12.2 Å². The Morgan fingerprint density at radius 2 is 1.61 bits per heavy atom. The van der Waals surface area contributed by atoms with E-state index in [0.717, 1.165) is 38.5 Å². The van der Waals surface area contributed by atoms with E-state index in [1.165, 1.54) is 12.2 Å². The molecule has 0 saturated carbocycles. The van der Waals surface area contributed by atoms with Crippen molar-refractivity contribution in [3.05, 3.63) is 24.3 Å². The van der Waals surface area contributed by atoms with E-state index >= 15 is 0 Å². The molecule has 5 heteroatoms. The number of aliphatic hydroxyl groups is 3. The predicted octanol–water partition coefficient (Wildman–Crippen LogP) is 2.80. The number of unbranched alkanes of at least 4 members (excludes halogenated alkanes) is 5. The quantitative estimate of drug-likeness (QED) is 0.290. The van der Waals surface area contributed by atoms with Crippen LogP contribution in [0.25, 0.3) is 0 Å². The number of hydrogen-bond donors (Lipinski definition) is 4. The van der Waals surface area contributed by atoms with Gasteiger partial charge in [-0.2, -0.15) is 0 Å². The molecule has 0 aliphatic rings. The summed E-state index contributed by atoms with van der Waals surface area (Å²) < 4.78 is 0. The Bertz CT molecular complexity index is 351. The SMILES string of the molecule is CC[C@H](O)[C@H](O)/C=C/[C@@H](O)C/C=C\CCCCCCCC(=O)O. The minimum absolute atomic E-state index is 0.259. The van der Waals surface area contributed by atoms with Crippen LogP contribution in [0.3, 0.4) is 0 Å². The summed E-state index contributed by atoms with van der Waals surface area (Å²) in [4.78, 5) is 10.3. The van der Waals surface area contributed by atoms with Gasteiger partial charge < -0.3 is 20.4 Å². The zero-order valence-corrected chi connectivity index (χ0v) is 14.1. The lowest BCUT2D eigenvalue weighted by Crippen LogP contribution is -2.23. The van der Waals surface area contributed by atoms with Crippen molar-refractivity contribution in [2.24, 2.45) is 0 Å².